The van der Waals surface area contributed by atoms with E-state index in [1.165, 1.54) is 5.69 Å². The van der Waals surface area contributed by atoms with E-state index in [-0.39, 0.29) is 41.5 Å². The highest BCUT2D eigenvalue weighted by molar-refractivity contribution is 6.01. The molecule has 300 valence electrons. The molecule has 0 spiro atoms. The van der Waals surface area contributed by atoms with Gasteiger partial charge < -0.3 is 36.2 Å². The van der Waals surface area contributed by atoms with Gasteiger partial charge in [-0.15, -0.1) is 0 Å². The number of nitrogens with two attached hydrogens (primary N) is 2. The second-order valence-corrected chi connectivity index (χ2v) is 17.0. The quantitative estimate of drug-likeness (QED) is 0.177. The van der Waals surface area contributed by atoms with Gasteiger partial charge in [-0.25, -0.2) is 0 Å². The van der Waals surface area contributed by atoms with E-state index >= 15 is 4.79 Å². The number of anilines is 1. The number of para-hydroxylation sites is 1. The molecule has 5 fully saturated rings. The number of rotatable bonds is 9. The minimum atomic E-state index is -0.631. The first kappa shape index (κ1) is 38.6. The van der Waals surface area contributed by atoms with Gasteiger partial charge in [0.1, 0.15) is 5.75 Å². The van der Waals surface area contributed by atoms with E-state index in [0.29, 0.717) is 61.9 Å². The van der Waals surface area contributed by atoms with Crippen LogP contribution >= 0.6 is 0 Å². The minimum absolute atomic E-state index is 0.122. The van der Waals surface area contributed by atoms with Crippen LogP contribution in [0.4, 0.5) is 5.69 Å². The number of phenols is 1. The molecule has 5 saturated heterocycles. The van der Waals surface area contributed by atoms with Crippen molar-refractivity contribution in [2.45, 2.75) is 75.3 Å². The summed E-state index contributed by atoms with van der Waals surface area (Å²) in [4.78, 5) is 48.7. The van der Waals surface area contributed by atoms with E-state index < -0.39 is 5.41 Å². The summed E-state index contributed by atoms with van der Waals surface area (Å²) in [5.74, 6) is 0.840. The molecular formula is C46H57N7O4. The van der Waals surface area contributed by atoms with E-state index in [4.69, 9.17) is 11.5 Å². The van der Waals surface area contributed by atoms with Gasteiger partial charge in [0.05, 0.1) is 17.0 Å². The molecule has 0 aliphatic carbocycles. The predicted molar refractivity (Wildman–Crippen MR) is 223 cm³/mol. The molecule has 5 aliphatic heterocycles. The summed E-state index contributed by atoms with van der Waals surface area (Å²) in [6.07, 6.45) is 8.96. The van der Waals surface area contributed by atoms with Gasteiger partial charge in [-0.1, -0.05) is 54.6 Å². The Kier molecular flexibility index (Phi) is 11.0. The number of likely N-dealkylation sites (tertiary alicyclic amines) is 3. The third-order valence-corrected chi connectivity index (χ3v) is 13.6. The van der Waals surface area contributed by atoms with Gasteiger partial charge in [0.2, 0.25) is 17.7 Å². The third kappa shape index (κ3) is 7.74. The first-order chi connectivity index (χ1) is 27.6. The number of imide groups is 1. The zero-order valence-electron chi connectivity index (χ0n) is 33.1. The second kappa shape index (κ2) is 16.3. The van der Waals surface area contributed by atoms with Crippen LogP contribution in [0.15, 0.2) is 96.8 Å². The summed E-state index contributed by atoms with van der Waals surface area (Å²) in [6, 6.07) is 26.1. The third-order valence-electron chi connectivity index (χ3n) is 13.6. The fraction of sp³-hybridized carbons (Fsp3) is 0.457. The molecule has 4 unspecified atom stereocenters. The van der Waals surface area contributed by atoms with Crippen molar-refractivity contribution < 1.29 is 19.5 Å². The minimum Gasteiger partial charge on any atom is -0.507 e. The maximum absolute atomic E-state index is 15.2. The van der Waals surface area contributed by atoms with Crippen LogP contribution in [-0.4, -0.2) is 95.4 Å². The van der Waals surface area contributed by atoms with Crippen molar-refractivity contribution in [3.05, 3.63) is 114 Å². The highest BCUT2D eigenvalue weighted by Gasteiger charge is 2.53. The van der Waals surface area contributed by atoms with Crippen LogP contribution in [0.1, 0.15) is 74.5 Å². The summed E-state index contributed by atoms with van der Waals surface area (Å²) < 4.78 is 0. The topological polar surface area (TPSA) is 148 Å². The van der Waals surface area contributed by atoms with Gasteiger partial charge in [0.15, 0.2) is 0 Å². The van der Waals surface area contributed by atoms with Crippen molar-refractivity contribution >= 4 is 29.1 Å². The van der Waals surface area contributed by atoms with Crippen molar-refractivity contribution in [2.24, 2.45) is 23.3 Å². The zero-order chi connectivity index (χ0) is 39.7. The van der Waals surface area contributed by atoms with Crippen molar-refractivity contribution in [2.75, 3.05) is 50.7 Å². The molecule has 0 bridgehead atoms. The van der Waals surface area contributed by atoms with Crippen LogP contribution in [0.5, 0.6) is 5.75 Å². The molecule has 8 rings (SSSR count). The van der Waals surface area contributed by atoms with E-state index in [2.05, 4.69) is 56.1 Å². The number of nitrogens with zero attached hydrogens (tertiary/aromatic N) is 4. The van der Waals surface area contributed by atoms with Crippen molar-refractivity contribution in [3.8, 4) is 5.75 Å². The molecule has 0 saturated carbocycles. The summed E-state index contributed by atoms with van der Waals surface area (Å²) in [5, 5.41) is 12.8. The predicted octanol–water partition coefficient (Wildman–Crippen LogP) is 4.88. The Morgan fingerprint density at radius 3 is 2.30 bits per heavy atom. The number of hydrogen-bond acceptors (Lipinski definition) is 9. The molecule has 11 heteroatoms. The number of amides is 3. The number of aromatic hydroxyl groups is 1. The van der Waals surface area contributed by atoms with Crippen LogP contribution in [0, 0.1) is 11.8 Å². The number of piperidine rings is 3. The maximum Gasteiger partial charge on any atom is 0.234 e. The molecule has 5 heterocycles. The maximum atomic E-state index is 15.2. The molecule has 4 atom stereocenters. The molecule has 0 radical (unpaired) electrons. The first-order valence-electron chi connectivity index (χ1n) is 20.8. The Labute approximate surface area is 336 Å². The van der Waals surface area contributed by atoms with Gasteiger partial charge in [-0.3, -0.25) is 19.7 Å². The standard InChI is InChI=1S/C46H57N7O4/c1-31-25-34-29-50(28-32-17-21-51(22-18-32)36-13-11-33(12-14-36)38-15-16-43(55)49-44(38)56)30-41(34)53(31)45(57)46(35-7-3-2-4-8-35)19-23-52(24-20-46)37(27-47)26-40(48)39-9-5-6-10-42(39)54/h2-14,26-27,31-32,34,38,41,54H,15-25,28-30,47-48H2,1H3,(H,49,55,56)/b37-27+,40-26-. The van der Waals surface area contributed by atoms with Gasteiger partial charge in [0, 0.05) is 87.5 Å². The lowest BCUT2D eigenvalue weighted by Gasteiger charge is -2.46. The Bertz CT molecular complexity index is 2000. The molecule has 3 aromatic rings. The normalized spacial score (nSPS) is 26.1. The fourth-order valence-electron chi connectivity index (χ4n) is 10.5. The van der Waals surface area contributed by atoms with Crippen molar-refractivity contribution in [1.82, 2.24) is 20.0 Å². The lowest BCUT2D eigenvalue weighted by molar-refractivity contribution is -0.142. The van der Waals surface area contributed by atoms with Gasteiger partial charge in [0.25, 0.3) is 0 Å². The average Bonchev–Trinajstić information content (AvgIpc) is 3.75. The summed E-state index contributed by atoms with van der Waals surface area (Å²) >= 11 is 0. The Morgan fingerprint density at radius 1 is 0.912 bits per heavy atom. The molecule has 57 heavy (non-hydrogen) atoms. The van der Waals surface area contributed by atoms with Crippen LogP contribution in [0.2, 0.25) is 0 Å². The van der Waals surface area contributed by atoms with Crippen LogP contribution in [-0.2, 0) is 19.8 Å². The second-order valence-electron chi connectivity index (χ2n) is 17.0. The zero-order valence-corrected chi connectivity index (χ0v) is 33.1. The number of benzene rings is 3. The molecule has 5 aliphatic rings. The van der Waals surface area contributed by atoms with Gasteiger partial charge in [-0.2, -0.15) is 0 Å². The highest BCUT2D eigenvalue weighted by Crippen LogP contribution is 2.44. The monoisotopic (exact) mass is 771 g/mol. The number of fused-ring (bicyclic) bond motifs is 1. The average molecular weight is 772 g/mol. The number of carbonyl (C=O) groups is 3. The lowest BCUT2D eigenvalue weighted by atomic mass is 9.71. The molecular weight excluding hydrogens is 715 g/mol. The SMILES string of the molecule is CC1CC2CN(CC3CCN(c4ccc(C5CCC(=O)NC5=O)cc4)CC3)CC2N1C(=O)C1(c2ccccc2)CCN(C(/C=C(\N)c2ccccc2O)=C/N)CC1. The smallest absolute Gasteiger partial charge is 0.234 e. The summed E-state index contributed by atoms with van der Waals surface area (Å²) in [5.41, 5.74) is 17.0. The van der Waals surface area contributed by atoms with Crippen molar-refractivity contribution in [1.29, 1.82) is 0 Å². The van der Waals surface area contributed by atoms with E-state index in [1.807, 2.05) is 42.5 Å². The Balaban J connectivity index is 0.896. The Morgan fingerprint density at radius 2 is 1.61 bits per heavy atom. The molecule has 0 aromatic heterocycles. The number of carbonyl (C=O) groups excluding carboxylic acids is 3. The molecule has 3 aromatic carbocycles. The van der Waals surface area contributed by atoms with Crippen LogP contribution in [0.25, 0.3) is 5.70 Å². The molecule has 11 nitrogen and oxygen atoms in total. The summed E-state index contributed by atoms with van der Waals surface area (Å²) in [6.45, 7) is 8.58. The first-order valence-corrected chi connectivity index (χ1v) is 20.8. The Hall–Kier alpha value is -5.29. The number of allylic oxidation sites excluding steroid dienone is 1. The van der Waals surface area contributed by atoms with Crippen molar-refractivity contribution in [3.63, 3.8) is 0 Å². The largest absolute Gasteiger partial charge is 0.507 e. The fourth-order valence-corrected chi connectivity index (χ4v) is 10.5. The van der Waals surface area contributed by atoms with E-state index in [0.717, 1.165) is 68.8 Å². The van der Waals surface area contributed by atoms with E-state index in [1.54, 1.807) is 24.4 Å². The number of phenolic OH excluding ortho intramolecular Hbond substituents is 1. The molecule has 6 N–H and O–H groups in total. The summed E-state index contributed by atoms with van der Waals surface area (Å²) in [7, 11) is 0. The van der Waals surface area contributed by atoms with Gasteiger partial charge in [-0.05, 0) is 98.8 Å². The number of hydrogen-bond donors (Lipinski definition) is 4. The van der Waals surface area contributed by atoms with Crippen LogP contribution in [0.3, 0.4) is 0 Å². The molecule has 3 amide bonds. The number of nitrogens with one attached hydrogen (secondary N) is 1. The lowest BCUT2D eigenvalue weighted by Crippen LogP contribution is -2.56. The van der Waals surface area contributed by atoms with Gasteiger partial charge >= 0.3 is 0 Å². The van der Waals surface area contributed by atoms with E-state index in [9.17, 15) is 14.7 Å². The highest BCUT2D eigenvalue weighted by atomic mass is 16.3. The van der Waals surface area contributed by atoms with Crippen LogP contribution < -0.4 is 21.7 Å².